The fraction of sp³-hybridized carbons (Fsp3) is 0.562. The summed E-state index contributed by atoms with van der Waals surface area (Å²) in [7, 11) is 0. The molecule has 2 bridgehead atoms. The van der Waals surface area contributed by atoms with Crippen LogP contribution in [0.1, 0.15) is 43.0 Å². The highest BCUT2D eigenvalue weighted by molar-refractivity contribution is 5.79. The molecule has 3 unspecified atom stereocenters. The standard InChI is InChI=1S/C16H19N3O/c20-16(14-6-10-1-2-12(14)5-10)17-8-13-7-15(11-3-4-11)19-9-18-13/h1-2,7,9-12,14H,3-6,8H2,(H,17,20). The van der Waals surface area contributed by atoms with E-state index in [4.69, 9.17) is 0 Å². The largest absolute Gasteiger partial charge is 0.350 e. The highest BCUT2D eigenvalue weighted by Crippen LogP contribution is 2.43. The summed E-state index contributed by atoms with van der Waals surface area (Å²) >= 11 is 0. The van der Waals surface area contributed by atoms with E-state index >= 15 is 0 Å². The number of aromatic nitrogens is 2. The SMILES string of the molecule is O=C(NCc1cc(C2CC2)ncn1)C1CC2C=CC1C2. The Bertz CT molecular complexity index is 565. The van der Waals surface area contributed by atoms with E-state index in [1.165, 1.54) is 12.8 Å². The van der Waals surface area contributed by atoms with Gasteiger partial charge in [0.05, 0.1) is 12.2 Å². The van der Waals surface area contributed by atoms with Crippen molar-refractivity contribution in [1.29, 1.82) is 0 Å². The molecule has 0 radical (unpaired) electrons. The first kappa shape index (κ1) is 12.1. The fourth-order valence-corrected chi connectivity index (χ4v) is 3.50. The van der Waals surface area contributed by atoms with Gasteiger partial charge in [-0.25, -0.2) is 9.97 Å². The lowest BCUT2D eigenvalue weighted by Gasteiger charge is -2.17. The Morgan fingerprint density at radius 1 is 1.25 bits per heavy atom. The van der Waals surface area contributed by atoms with Crippen LogP contribution in [-0.2, 0) is 11.3 Å². The van der Waals surface area contributed by atoms with E-state index in [0.717, 1.165) is 24.2 Å². The Morgan fingerprint density at radius 3 is 2.85 bits per heavy atom. The molecule has 3 aliphatic rings. The molecular formula is C16H19N3O. The van der Waals surface area contributed by atoms with Crippen molar-refractivity contribution >= 4 is 5.91 Å². The molecule has 4 nitrogen and oxygen atoms in total. The van der Waals surface area contributed by atoms with Crippen LogP contribution >= 0.6 is 0 Å². The van der Waals surface area contributed by atoms with Gasteiger partial charge in [0.25, 0.3) is 0 Å². The number of carbonyl (C=O) groups is 1. The first-order valence-corrected chi connectivity index (χ1v) is 7.56. The zero-order valence-corrected chi connectivity index (χ0v) is 11.5. The smallest absolute Gasteiger partial charge is 0.224 e. The lowest BCUT2D eigenvalue weighted by atomic mass is 9.93. The average molecular weight is 269 g/mol. The number of allylic oxidation sites excluding steroid dienone is 2. The van der Waals surface area contributed by atoms with Crippen LogP contribution in [-0.4, -0.2) is 15.9 Å². The highest BCUT2D eigenvalue weighted by Gasteiger charge is 2.39. The first-order chi connectivity index (χ1) is 9.79. The van der Waals surface area contributed by atoms with E-state index in [1.807, 2.05) is 6.07 Å². The molecule has 1 aromatic heterocycles. The van der Waals surface area contributed by atoms with Crippen LogP contribution in [0, 0.1) is 17.8 Å². The van der Waals surface area contributed by atoms with Gasteiger partial charge in [0, 0.05) is 17.5 Å². The molecule has 1 amide bonds. The molecule has 0 saturated heterocycles. The highest BCUT2D eigenvalue weighted by atomic mass is 16.1. The summed E-state index contributed by atoms with van der Waals surface area (Å²) in [5.41, 5.74) is 2.06. The van der Waals surface area contributed by atoms with Gasteiger partial charge in [0.15, 0.2) is 0 Å². The maximum atomic E-state index is 12.3. The third-order valence-corrected chi connectivity index (χ3v) is 4.80. The number of nitrogens with zero attached hydrogens (tertiary/aromatic N) is 2. The number of nitrogens with one attached hydrogen (secondary N) is 1. The predicted octanol–water partition coefficient (Wildman–Crippen LogP) is 2.18. The number of rotatable bonds is 4. The van der Waals surface area contributed by atoms with Crippen LogP contribution in [0.4, 0.5) is 0 Å². The quantitative estimate of drug-likeness (QED) is 0.852. The van der Waals surface area contributed by atoms with Crippen molar-refractivity contribution in [3.63, 3.8) is 0 Å². The van der Waals surface area contributed by atoms with E-state index in [9.17, 15) is 4.79 Å². The monoisotopic (exact) mass is 269 g/mol. The molecule has 4 rings (SSSR count). The van der Waals surface area contributed by atoms with Gasteiger partial charge in [0.1, 0.15) is 6.33 Å². The Hall–Kier alpha value is -1.71. The van der Waals surface area contributed by atoms with Crippen molar-refractivity contribution in [1.82, 2.24) is 15.3 Å². The second-order valence-corrected chi connectivity index (χ2v) is 6.31. The molecule has 3 aliphatic carbocycles. The minimum absolute atomic E-state index is 0.176. The molecule has 0 aromatic carbocycles. The third kappa shape index (κ3) is 2.23. The number of amides is 1. The van der Waals surface area contributed by atoms with Crippen molar-refractivity contribution in [2.24, 2.45) is 17.8 Å². The van der Waals surface area contributed by atoms with Crippen molar-refractivity contribution < 1.29 is 4.79 Å². The minimum atomic E-state index is 0.176. The zero-order valence-electron chi connectivity index (χ0n) is 11.5. The number of fused-ring (bicyclic) bond motifs is 2. The maximum absolute atomic E-state index is 12.3. The summed E-state index contributed by atoms with van der Waals surface area (Å²) in [6.45, 7) is 0.526. The van der Waals surface area contributed by atoms with Crippen molar-refractivity contribution in [2.75, 3.05) is 0 Å². The second kappa shape index (κ2) is 4.69. The van der Waals surface area contributed by atoms with Gasteiger partial charge < -0.3 is 5.32 Å². The Labute approximate surface area is 118 Å². The zero-order chi connectivity index (χ0) is 13.5. The van der Waals surface area contributed by atoms with Crippen molar-refractivity contribution in [3.8, 4) is 0 Å². The van der Waals surface area contributed by atoms with Crippen molar-refractivity contribution in [2.45, 2.75) is 38.1 Å². The summed E-state index contributed by atoms with van der Waals surface area (Å²) in [4.78, 5) is 20.8. The van der Waals surface area contributed by atoms with Crippen LogP contribution in [0.25, 0.3) is 0 Å². The Balaban J connectivity index is 1.37. The number of hydrogen-bond donors (Lipinski definition) is 1. The first-order valence-electron chi connectivity index (χ1n) is 7.56. The number of carbonyl (C=O) groups excluding carboxylic acids is 1. The molecule has 104 valence electrons. The van der Waals surface area contributed by atoms with Crippen LogP contribution < -0.4 is 5.32 Å². The van der Waals surface area contributed by atoms with E-state index in [0.29, 0.717) is 24.3 Å². The topological polar surface area (TPSA) is 54.9 Å². The summed E-state index contributed by atoms with van der Waals surface area (Å²) in [5.74, 6) is 2.09. The van der Waals surface area contributed by atoms with Crippen LogP contribution in [0.15, 0.2) is 24.5 Å². The predicted molar refractivity (Wildman–Crippen MR) is 74.7 cm³/mol. The summed E-state index contributed by atoms with van der Waals surface area (Å²) in [6, 6.07) is 2.04. The van der Waals surface area contributed by atoms with E-state index in [-0.39, 0.29) is 11.8 Å². The average Bonchev–Trinajstić information content (AvgIpc) is 3.13. The molecule has 0 spiro atoms. The summed E-state index contributed by atoms with van der Waals surface area (Å²) < 4.78 is 0. The van der Waals surface area contributed by atoms with Gasteiger partial charge in [-0.05, 0) is 43.6 Å². The molecule has 2 fully saturated rings. The second-order valence-electron chi connectivity index (χ2n) is 6.31. The van der Waals surface area contributed by atoms with Crippen LogP contribution in [0.2, 0.25) is 0 Å². The molecular weight excluding hydrogens is 250 g/mol. The molecule has 1 heterocycles. The van der Waals surface area contributed by atoms with Gasteiger partial charge in [0.2, 0.25) is 5.91 Å². The van der Waals surface area contributed by atoms with Gasteiger partial charge in [-0.1, -0.05) is 12.2 Å². The van der Waals surface area contributed by atoms with Crippen LogP contribution in [0.5, 0.6) is 0 Å². The van der Waals surface area contributed by atoms with E-state index in [1.54, 1.807) is 6.33 Å². The molecule has 0 aliphatic heterocycles. The Kier molecular flexibility index (Phi) is 2.83. The lowest BCUT2D eigenvalue weighted by Crippen LogP contribution is -2.32. The maximum Gasteiger partial charge on any atom is 0.224 e. The van der Waals surface area contributed by atoms with Crippen LogP contribution in [0.3, 0.4) is 0 Å². The summed E-state index contributed by atoms with van der Waals surface area (Å²) in [5, 5.41) is 3.05. The normalized spacial score (nSPS) is 30.7. The lowest BCUT2D eigenvalue weighted by molar-refractivity contribution is -0.125. The molecule has 20 heavy (non-hydrogen) atoms. The minimum Gasteiger partial charge on any atom is -0.350 e. The van der Waals surface area contributed by atoms with E-state index in [2.05, 4.69) is 27.4 Å². The van der Waals surface area contributed by atoms with Gasteiger partial charge in [-0.3, -0.25) is 4.79 Å². The molecule has 1 N–H and O–H groups in total. The molecule has 2 saturated carbocycles. The van der Waals surface area contributed by atoms with Gasteiger partial charge in [-0.2, -0.15) is 0 Å². The fourth-order valence-electron chi connectivity index (χ4n) is 3.50. The van der Waals surface area contributed by atoms with E-state index < -0.39 is 0 Å². The molecule has 3 atom stereocenters. The van der Waals surface area contributed by atoms with Gasteiger partial charge in [-0.15, -0.1) is 0 Å². The molecule has 1 aromatic rings. The van der Waals surface area contributed by atoms with Crippen molar-refractivity contribution in [3.05, 3.63) is 35.9 Å². The molecule has 4 heteroatoms. The Morgan fingerprint density at radius 2 is 2.15 bits per heavy atom. The van der Waals surface area contributed by atoms with Gasteiger partial charge >= 0.3 is 0 Å². The third-order valence-electron chi connectivity index (χ3n) is 4.80. The number of hydrogen-bond acceptors (Lipinski definition) is 3. The summed E-state index contributed by atoms with van der Waals surface area (Å²) in [6.07, 6.45) is 10.8.